The summed E-state index contributed by atoms with van der Waals surface area (Å²) in [7, 11) is -3.60. The van der Waals surface area contributed by atoms with Gasteiger partial charge in [0.25, 0.3) is 0 Å². The Labute approximate surface area is 164 Å². The zero-order chi connectivity index (χ0) is 19.7. The fraction of sp³-hybridized carbons (Fsp3) is 0.350. The monoisotopic (exact) mass is 403 g/mol. The highest BCUT2D eigenvalue weighted by atomic mass is 32.2. The highest BCUT2D eigenvalue weighted by molar-refractivity contribution is 7.89. The zero-order valence-corrected chi connectivity index (χ0v) is 16.2. The van der Waals surface area contributed by atoms with Gasteiger partial charge in [-0.25, -0.2) is 12.8 Å². The van der Waals surface area contributed by atoms with Crippen molar-refractivity contribution in [3.05, 3.63) is 53.8 Å². The maximum absolute atomic E-state index is 13.1. The molecule has 0 radical (unpaired) electrons. The second-order valence-corrected chi connectivity index (χ2v) is 9.03. The minimum absolute atomic E-state index is 0.0359. The number of nitrogens with zero attached hydrogens (tertiary/aromatic N) is 2. The lowest BCUT2D eigenvalue weighted by Crippen LogP contribution is -2.48. The molecule has 0 unspecified atom stereocenters. The number of amides is 1. The summed E-state index contributed by atoms with van der Waals surface area (Å²) in [5, 5.41) is 2.83. The van der Waals surface area contributed by atoms with E-state index in [0.29, 0.717) is 51.1 Å². The van der Waals surface area contributed by atoms with E-state index in [1.165, 1.54) is 16.4 Å². The summed E-state index contributed by atoms with van der Waals surface area (Å²) < 4.78 is 40.8. The molecule has 4 rings (SSSR count). The normalized spacial score (nSPS) is 18.3. The van der Waals surface area contributed by atoms with Crippen LogP contribution < -0.4 is 10.2 Å². The van der Waals surface area contributed by atoms with Gasteiger partial charge in [-0.1, -0.05) is 0 Å². The molecule has 0 bridgehead atoms. The number of aryl methyl sites for hydroxylation is 1. The molecular weight excluding hydrogens is 381 g/mol. The number of hydrogen-bond donors (Lipinski definition) is 1. The summed E-state index contributed by atoms with van der Waals surface area (Å²) in [6, 6.07) is 11.2. The summed E-state index contributed by atoms with van der Waals surface area (Å²) in [6.45, 7) is 1.83. The van der Waals surface area contributed by atoms with Gasteiger partial charge in [0.2, 0.25) is 15.9 Å². The lowest BCUT2D eigenvalue weighted by Gasteiger charge is -2.35. The first-order chi connectivity index (χ1) is 13.4. The lowest BCUT2D eigenvalue weighted by atomic mass is 10.1. The Morgan fingerprint density at radius 2 is 1.64 bits per heavy atom. The number of anilines is 2. The highest BCUT2D eigenvalue weighted by Gasteiger charge is 2.29. The van der Waals surface area contributed by atoms with Crippen molar-refractivity contribution in [1.82, 2.24) is 4.31 Å². The van der Waals surface area contributed by atoms with Crippen molar-refractivity contribution in [2.75, 3.05) is 36.4 Å². The van der Waals surface area contributed by atoms with E-state index < -0.39 is 10.0 Å². The molecule has 0 spiro atoms. The second kappa shape index (κ2) is 7.52. The van der Waals surface area contributed by atoms with E-state index in [9.17, 15) is 17.6 Å². The van der Waals surface area contributed by atoms with Gasteiger partial charge in [-0.2, -0.15) is 4.31 Å². The number of rotatable bonds is 3. The molecule has 0 aromatic heterocycles. The van der Waals surface area contributed by atoms with E-state index in [0.717, 1.165) is 11.3 Å². The Kier molecular flexibility index (Phi) is 5.07. The zero-order valence-electron chi connectivity index (χ0n) is 15.4. The van der Waals surface area contributed by atoms with Crippen LogP contribution in [0.2, 0.25) is 0 Å². The summed E-state index contributed by atoms with van der Waals surface area (Å²) in [4.78, 5) is 14.0. The number of carbonyl (C=O) groups excluding carboxylic acids is 1. The van der Waals surface area contributed by atoms with E-state index >= 15 is 0 Å². The number of fused-ring (bicyclic) bond motifs is 1. The first-order valence-corrected chi connectivity index (χ1v) is 10.8. The van der Waals surface area contributed by atoms with Crippen molar-refractivity contribution < 1.29 is 17.6 Å². The van der Waals surface area contributed by atoms with E-state index in [1.54, 1.807) is 30.3 Å². The molecule has 0 atom stereocenters. The van der Waals surface area contributed by atoms with E-state index in [-0.39, 0.29) is 16.6 Å². The van der Waals surface area contributed by atoms with Crippen molar-refractivity contribution in [1.29, 1.82) is 0 Å². The minimum Gasteiger partial charge on any atom is -0.369 e. The Morgan fingerprint density at radius 1 is 0.929 bits per heavy atom. The fourth-order valence-electron chi connectivity index (χ4n) is 3.70. The van der Waals surface area contributed by atoms with Crippen molar-refractivity contribution in [3.63, 3.8) is 0 Å². The maximum atomic E-state index is 13.1. The molecule has 2 aromatic rings. The van der Waals surface area contributed by atoms with Crippen molar-refractivity contribution in [2.45, 2.75) is 24.2 Å². The highest BCUT2D eigenvalue weighted by Crippen LogP contribution is 2.27. The predicted octanol–water partition coefficient (Wildman–Crippen LogP) is 2.61. The van der Waals surface area contributed by atoms with Gasteiger partial charge in [-0.05, 0) is 60.9 Å². The molecule has 2 aliphatic heterocycles. The van der Waals surface area contributed by atoms with Crippen LogP contribution >= 0.6 is 0 Å². The molecule has 28 heavy (non-hydrogen) atoms. The molecule has 148 valence electrons. The van der Waals surface area contributed by atoms with Gasteiger partial charge in [0.05, 0.1) is 4.90 Å². The summed E-state index contributed by atoms with van der Waals surface area (Å²) in [5.74, 6) is -0.323. The van der Waals surface area contributed by atoms with E-state index in [4.69, 9.17) is 0 Å². The number of piperazine rings is 1. The standard InChI is InChI=1S/C20H22FN3O3S/c21-16-4-6-17(7-5-16)23-10-12-24(13-11-23)28(26,27)18-8-9-19-15(14-18)2-1-3-20(25)22-19/h4-9,14H,1-3,10-13H2,(H,22,25). The molecule has 8 heteroatoms. The third kappa shape index (κ3) is 3.74. The minimum atomic E-state index is -3.60. The van der Waals surface area contributed by atoms with Gasteiger partial charge in [0.1, 0.15) is 5.82 Å². The van der Waals surface area contributed by atoms with Gasteiger partial charge in [-0.3, -0.25) is 4.79 Å². The van der Waals surface area contributed by atoms with Crippen molar-refractivity contribution >= 4 is 27.3 Å². The van der Waals surface area contributed by atoms with E-state index in [1.807, 2.05) is 0 Å². The Balaban J connectivity index is 1.49. The predicted molar refractivity (Wildman–Crippen MR) is 105 cm³/mol. The molecular formula is C20H22FN3O3S. The largest absolute Gasteiger partial charge is 0.369 e. The van der Waals surface area contributed by atoms with Gasteiger partial charge in [0.15, 0.2) is 0 Å². The number of sulfonamides is 1. The third-order valence-electron chi connectivity index (χ3n) is 5.27. The van der Waals surface area contributed by atoms with Crippen molar-refractivity contribution in [2.24, 2.45) is 0 Å². The van der Waals surface area contributed by atoms with Gasteiger partial charge in [0, 0.05) is 44.0 Å². The topological polar surface area (TPSA) is 69.7 Å². The van der Waals surface area contributed by atoms with Crippen LogP contribution in [0.5, 0.6) is 0 Å². The van der Waals surface area contributed by atoms with Crippen LogP contribution in [0, 0.1) is 5.82 Å². The van der Waals surface area contributed by atoms with Crippen LogP contribution in [0.25, 0.3) is 0 Å². The second-order valence-electron chi connectivity index (χ2n) is 7.09. The summed E-state index contributed by atoms with van der Waals surface area (Å²) in [5.41, 5.74) is 2.44. The molecule has 6 nitrogen and oxygen atoms in total. The van der Waals surface area contributed by atoms with Crippen LogP contribution in [0.1, 0.15) is 18.4 Å². The van der Waals surface area contributed by atoms with Crippen LogP contribution in [-0.2, 0) is 21.2 Å². The molecule has 1 fully saturated rings. The first kappa shape index (κ1) is 18.9. The summed E-state index contributed by atoms with van der Waals surface area (Å²) in [6.07, 6.45) is 1.83. The van der Waals surface area contributed by atoms with Gasteiger partial charge >= 0.3 is 0 Å². The maximum Gasteiger partial charge on any atom is 0.243 e. The molecule has 1 N–H and O–H groups in total. The lowest BCUT2D eigenvalue weighted by molar-refractivity contribution is -0.116. The Bertz CT molecular complexity index is 984. The molecule has 0 aliphatic carbocycles. The van der Waals surface area contributed by atoms with E-state index in [2.05, 4.69) is 10.2 Å². The number of benzene rings is 2. The molecule has 0 saturated carbocycles. The average Bonchev–Trinajstić information content (AvgIpc) is 2.88. The molecule has 2 aromatic carbocycles. The van der Waals surface area contributed by atoms with Crippen LogP contribution in [0.15, 0.2) is 47.4 Å². The SMILES string of the molecule is O=C1CCCc2cc(S(=O)(=O)N3CCN(c4ccc(F)cc4)CC3)ccc2N1. The van der Waals surface area contributed by atoms with Crippen LogP contribution in [0.3, 0.4) is 0 Å². The fourth-order valence-corrected chi connectivity index (χ4v) is 5.17. The number of halogens is 1. The smallest absolute Gasteiger partial charge is 0.243 e. The Hall–Kier alpha value is -2.45. The molecule has 2 heterocycles. The number of carbonyl (C=O) groups is 1. The number of nitrogens with one attached hydrogen (secondary N) is 1. The number of hydrogen-bond acceptors (Lipinski definition) is 4. The van der Waals surface area contributed by atoms with Crippen molar-refractivity contribution in [3.8, 4) is 0 Å². The summed E-state index contributed by atoms with van der Waals surface area (Å²) >= 11 is 0. The molecule has 1 amide bonds. The third-order valence-corrected chi connectivity index (χ3v) is 7.16. The average molecular weight is 403 g/mol. The van der Waals surface area contributed by atoms with Crippen LogP contribution in [0.4, 0.5) is 15.8 Å². The molecule has 1 saturated heterocycles. The van der Waals surface area contributed by atoms with Gasteiger partial charge in [-0.15, -0.1) is 0 Å². The van der Waals surface area contributed by atoms with Crippen LogP contribution in [-0.4, -0.2) is 44.8 Å². The quantitative estimate of drug-likeness (QED) is 0.855. The Morgan fingerprint density at radius 3 is 2.36 bits per heavy atom. The van der Waals surface area contributed by atoms with Gasteiger partial charge < -0.3 is 10.2 Å². The molecule has 2 aliphatic rings. The first-order valence-electron chi connectivity index (χ1n) is 9.37.